The van der Waals surface area contributed by atoms with Crippen molar-refractivity contribution in [2.24, 2.45) is 5.73 Å². The van der Waals surface area contributed by atoms with Crippen molar-refractivity contribution in [1.29, 1.82) is 0 Å². The van der Waals surface area contributed by atoms with E-state index in [0.29, 0.717) is 11.4 Å². The largest absolute Gasteiger partial charge is 0.336 e. The number of nitrogens with zero attached hydrogens (tertiary/aromatic N) is 3. The van der Waals surface area contributed by atoms with Crippen molar-refractivity contribution in [2.75, 3.05) is 13.1 Å². The van der Waals surface area contributed by atoms with Gasteiger partial charge in [-0.3, -0.25) is 4.79 Å². The molecule has 1 aromatic rings. The van der Waals surface area contributed by atoms with E-state index in [-0.39, 0.29) is 11.9 Å². The first-order valence-corrected chi connectivity index (χ1v) is 4.87. The van der Waals surface area contributed by atoms with E-state index in [2.05, 4.69) is 9.59 Å². The first-order chi connectivity index (χ1) is 6.27. The molecule has 0 spiro atoms. The van der Waals surface area contributed by atoms with E-state index in [4.69, 9.17) is 5.73 Å². The minimum Gasteiger partial charge on any atom is -0.336 e. The molecule has 0 aromatic carbocycles. The molecule has 6 heteroatoms. The Morgan fingerprint density at radius 2 is 2.62 bits per heavy atom. The normalized spacial score (nSPS) is 22.2. The van der Waals surface area contributed by atoms with Gasteiger partial charge in [-0.1, -0.05) is 4.49 Å². The van der Waals surface area contributed by atoms with Crippen molar-refractivity contribution in [3.8, 4) is 0 Å². The van der Waals surface area contributed by atoms with Crippen molar-refractivity contribution in [3.05, 3.63) is 11.1 Å². The number of nitrogens with two attached hydrogens (primary N) is 1. The molecule has 0 unspecified atom stereocenters. The summed E-state index contributed by atoms with van der Waals surface area (Å²) < 4.78 is 3.65. The first kappa shape index (κ1) is 8.58. The lowest BCUT2D eigenvalue weighted by molar-refractivity contribution is 0.0795. The summed E-state index contributed by atoms with van der Waals surface area (Å²) in [7, 11) is 0. The molecule has 2 rings (SSSR count). The number of hydrogen-bond acceptors (Lipinski definition) is 5. The van der Waals surface area contributed by atoms with E-state index in [1.165, 1.54) is 6.20 Å². The van der Waals surface area contributed by atoms with Crippen LogP contribution in [0.5, 0.6) is 0 Å². The second-order valence-electron chi connectivity index (χ2n) is 3.08. The molecule has 0 bridgehead atoms. The highest BCUT2D eigenvalue weighted by Crippen LogP contribution is 2.13. The summed E-state index contributed by atoms with van der Waals surface area (Å²) in [5, 5.41) is 3.62. The minimum atomic E-state index is 0.00273. The Morgan fingerprint density at radius 3 is 3.15 bits per heavy atom. The zero-order valence-electron chi connectivity index (χ0n) is 7.01. The van der Waals surface area contributed by atoms with Crippen LogP contribution < -0.4 is 5.73 Å². The van der Waals surface area contributed by atoms with Gasteiger partial charge < -0.3 is 10.6 Å². The van der Waals surface area contributed by atoms with Gasteiger partial charge in [-0.2, -0.15) is 0 Å². The van der Waals surface area contributed by atoms with Gasteiger partial charge >= 0.3 is 0 Å². The Kier molecular flexibility index (Phi) is 2.24. The molecule has 70 valence electrons. The van der Waals surface area contributed by atoms with Crippen LogP contribution in [0.2, 0.25) is 0 Å². The standard InChI is InChI=1S/C7H10N4OS/c8-5-1-2-11(4-5)7(12)6-3-9-10-13-6/h3,5H,1-2,4,8H2/t5-/m0/s1. The number of carbonyl (C=O) groups is 1. The lowest BCUT2D eigenvalue weighted by atomic mass is 10.3. The van der Waals surface area contributed by atoms with E-state index in [9.17, 15) is 4.79 Å². The van der Waals surface area contributed by atoms with Crippen molar-refractivity contribution in [1.82, 2.24) is 14.5 Å². The summed E-state index contributed by atoms with van der Waals surface area (Å²) in [4.78, 5) is 14.0. The number of aromatic nitrogens is 2. The number of amides is 1. The smallest absolute Gasteiger partial charge is 0.267 e. The SMILES string of the molecule is N[C@H]1CCN(C(=O)c2cnns2)C1. The molecule has 2 heterocycles. The number of carbonyl (C=O) groups excluding carboxylic acids is 1. The summed E-state index contributed by atoms with van der Waals surface area (Å²) in [5.74, 6) is 0.00273. The van der Waals surface area contributed by atoms with Crippen molar-refractivity contribution < 1.29 is 4.79 Å². The monoisotopic (exact) mass is 198 g/mol. The summed E-state index contributed by atoms with van der Waals surface area (Å²) in [6.07, 6.45) is 2.38. The van der Waals surface area contributed by atoms with Crippen LogP contribution in [-0.4, -0.2) is 39.5 Å². The summed E-state index contributed by atoms with van der Waals surface area (Å²) >= 11 is 1.13. The molecule has 5 nitrogen and oxygen atoms in total. The van der Waals surface area contributed by atoms with Crippen LogP contribution in [-0.2, 0) is 0 Å². The highest BCUT2D eigenvalue weighted by molar-refractivity contribution is 7.07. The Labute approximate surface area is 79.7 Å². The Hall–Kier alpha value is -1.01. The maximum absolute atomic E-state index is 11.7. The molecule has 0 saturated carbocycles. The number of rotatable bonds is 1. The van der Waals surface area contributed by atoms with Gasteiger partial charge in [0.05, 0.1) is 6.20 Å². The number of hydrogen-bond donors (Lipinski definition) is 1. The third-order valence-corrected chi connectivity index (χ3v) is 2.74. The minimum absolute atomic E-state index is 0.00273. The molecule has 1 aliphatic rings. The highest BCUT2D eigenvalue weighted by Gasteiger charge is 2.25. The maximum Gasteiger partial charge on any atom is 0.267 e. The summed E-state index contributed by atoms with van der Waals surface area (Å²) in [5.41, 5.74) is 5.69. The molecule has 2 N–H and O–H groups in total. The summed E-state index contributed by atoms with van der Waals surface area (Å²) in [6, 6.07) is 0.129. The number of likely N-dealkylation sites (tertiary alicyclic amines) is 1. The topological polar surface area (TPSA) is 72.1 Å². The van der Waals surface area contributed by atoms with Crippen LogP contribution in [0, 0.1) is 0 Å². The van der Waals surface area contributed by atoms with E-state index >= 15 is 0 Å². The first-order valence-electron chi connectivity index (χ1n) is 4.09. The lowest BCUT2D eigenvalue weighted by Gasteiger charge is -2.13. The fourth-order valence-corrected chi connectivity index (χ4v) is 1.87. The third kappa shape index (κ3) is 1.68. The Balaban J connectivity index is 2.06. The zero-order valence-corrected chi connectivity index (χ0v) is 7.83. The van der Waals surface area contributed by atoms with Crippen molar-refractivity contribution >= 4 is 17.4 Å². The molecule has 13 heavy (non-hydrogen) atoms. The van der Waals surface area contributed by atoms with Crippen LogP contribution in [0.3, 0.4) is 0 Å². The van der Waals surface area contributed by atoms with Gasteiger partial charge in [-0.05, 0) is 18.0 Å². The zero-order chi connectivity index (χ0) is 9.26. The summed E-state index contributed by atoms with van der Waals surface area (Å²) in [6.45, 7) is 1.40. The molecule has 1 atom stereocenters. The van der Waals surface area contributed by atoms with Gasteiger partial charge in [0, 0.05) is 19.1 Å². The van der Waals surface area contributed by atoms with Crippen LogP contribution in [0.15, 0.2) is 6.20 Å². The predicted molar refractivity (Wildman–Crippen MR) is 48.4 cm³/mol. The molecule has 1 aromatic heterocycles. The Morgan fingerprint density at radius 1 is 1.77 bits per heavy atom. The molecule has 1 fully saturated rings. The van der Waals surface area contributed by atoms with Gasteiger partial charge in [0.15, 0.2) is 0 Å². The average Bonchev–Trinajstić information content (AvgIpc) is 2.72. The fraction of sp³-hybridized carbons (Fsp3) is 0.571. The van der Waals surface area contributed by atoms with Gasteiger partial charge in [-0.25, -0.2) is 0 Å². The van der Waals surface area contributed by atoms with Crippen molar-refractivity contribution in [2.45, 2.75) is 12.5 Å². The fourth-order valence-electron chi connectivity index (χ4n) is 1.39. The van der Waals surface area contributed by atoms with Gasteiger partial charge in [0.25, 0.3) is 5.91 Å². The third-order valence-electron chi connectivity index (χ3n) is 2.08. The molecule has 0 radical (unpaired) electrons. The molecule has 1 amide bonds. The molecule has 1 aliphatic heterocycles. The maximum atomic E-state index is 11.7. The van der Waals surface area contributed by atoms with E-state index in [0.717, 1.165) is 24.5 Å². The van der Waals surface area contributed by atoms with Crippen LogP contribution in [0.4, 0.5) is 0 Å². The molecular weight excluding hydrogens is 188 g/mol. The van der Waals surface area contributed by atoms with Gasteiger partial charge in [0.1, 0.15) is 4.88 Å². The van der Waals surface area contributed by atoms with E-state index in [1.54, 1.807) is 4.90 Å². The van der Waals surface area contributed by atoms with Crippen molar-refractivity contribution in [3.63, 3.8) is 0 Å². The second-order valence-corrected chi connectivity index (χ2v) is 3.87. The molecule has 0 aliphatic carbocycles. The predicted octanol–water partition coefficient (Wildman–Crippen LogP) is -0.289. The quantitative estimate of drug-likeness (QED) is 0.673. The highest BCUT2D eigenvalue weighted by atomic mass is 32.1. The Bertz CT molecular complexity index is 299. The molecular formula is C7H10N4OS. The van der Waals surface area contributed by atoms with Crippen LogP contribution >= 0.6 is 11.5 Å². The van der Waals surface area contributed by atoms with E-state index in [1.807, 2.05) is 0 Å². The van der Waals surface area contributed by atoms with Crippen LogP contribution in [0.25, 0.3) is 0 Å². The van der Waals surface area contributed by atoms with E-state index < -0.39 is 0 Å². The average molecular weight is 198 g/mol. The second kappa shape index (κ2) is 3.39. The van der Waals surface area contributed by atoms with Gasteiger partial charge in [-0.15, -0.1) is 5.10 Å². The molecule has 1 saturated heterocycles. The van der Waals surface area contributed by atoms with Gasteiger partial charge in [0.2, 0.25) is 0 Å². The lowest BCUT2D eigenvalue weighted by Crippen LogP contribution is -2.31. The van der Waals surface area contributed by atoms with Crippen LogP contribution in [0.1, 0.15) is 16.1 Å².